The molecule has 1 amide bonds. The monoisotopic (exact) mass is 331 g/mol. The van der Waals surface area contributed by atoms with Crippen molar-refractivity contribution in [2.75, 3.05) is 12.4 Å². The second kappa shape index (κ2) is 6.78. The maximum Gasteiger partial charge on any atom is 0.410 e. The van der Waals surface area contributed by atoms with E-state index in [4.69, 9.17) is 4.74 Å². The van der Waals surface area contributed by atoms with Gasteiger partial charge in [-0.2, -0.15) is 0 Å². The molecule has 1 fully saturated rings. The van der Waals surface area contributed by atoms with Crippen LogP contribution < -0.4 is 0 Å². The van der Waals surface area contributed by atoms with Gasteiger partial charge in [-0.15, -0.1) is 0 Å². The van der Waals surface area contributed by atoms with Crippen LogP contribution in [0.25, 0.3) is 0 Å². The van der Waals surface area contributed by atoms with Crippen molar-refractivity contribution in [3.8, 4) is 0 Å². The molecule has 0 saturated heterocycles. The normalized spacial score (nSPS) is 23.8. The van der Waals surface area contributed by atoms with Gasteiger partial charge in [0.15, 0.2) is 0 Å². The van der Waals surface area contributed by atoms with Crippen molar-refractivity contribution in [1.82, 2.24) is 4.90 Å². The third kappa shape index (κ3) is 5.17. The smallest absolute Gasteiger partial charge is 0.410 e. The predicted molar refractivity (Wildman–Crippen MR) is 82.7 cm³/mol. The van der Waals surface area contributed by atoms with Gasteiger partial charge >= 0.3 is 6.09 Å². The topological polar surface area (TPSA) is 29.5 Å². The van der Waals surface area contributed by atoms with E-state index >= 15 is 0 Å². The van der Waals surface area contributed by atoms with E-state index in [1.807, 2.05) is 27.8 Å². The van der Waals surface area contributed by atoms with Gasteiger partial charge in [-0.25, -0.2) is 4.79 Å². The molecule has 19 heavy (non-hydrogen) atoms. The summed E-state index contributed by atoms with van der Waals surface area (Å²) in [5.74, 6) is 0.600. The van der Waals surface area contributed by atoms with E-state index < -0.39 is 5.60 Å². The number of hydrogen-bond acceptors (Lipinski definition) is 2. The fourth-order valence-corrected chi connectivity index (χ4v) is 2.92. The fraction of sp³-hybridized carbons (Fsp3) is 0.800. The lowest BCUT2D eigenvalue weighted by Crippen LogP contribution is -2.42. The second-order valence-corrected chi connectivity index (χ2v) is 6.95. The highest BCUT2D eigenvalue weighted by Gasteiger charge is 2.29. The highest BCUT2D eigenvalue weighted by molar-refractivity contribution is 9.09. The van der Waals surface area contributed by atoms with Gasteiger partial charge in [0.05, 0.1) is 0 Å². The van der Waals surface area contributed by atoms with E-state index in [9.17, 15) is 4.79 Å². The first-order valence-corrected chi connectivity index (χ1v) is 8.06. The molecule has 0 heterocycles. The number of rotatable bonds is 3. The van der Waals surface area contributed by atoms with Gasteiger partial charge in [0.2, 0.25) is 0 Å². The van der Waals surface area contributed by atoms with Gasteiger partial charge in [0, 0.05) is 18.4 Å². The van der Waals surface area contributed by atoms with Crippen molar-refractivity contribution in [2.24, 2.45) is 5.92 Å². The van der Waals surface area contributed by atoms with Gasteiger partial charge in [0.1, 0.15) is 5.60 Å². The van der Waals surface area contributed by atoms with Crippen LogP contribution in [0, 0.1) is 5.92 Å². The Morgan fingerprint density at radius 3 is 2.26 bits per heavy atom. The first-order valence-electron chi connectivity index (χ1n) is 6.94. The van der Waals surface area contributed by atoms with Crippen molar-refractivity contribution in [1.29, 1.82) is 0 Å². The molecule has 0 atom stereocenters. The molecular formula is C15H26BrNO2. The number of carbonyl (C=O) groups is 1. The Kier molecular flexibility index (Phi) is 5.90. The minimum atomic E-state index is -0.424. The molecule has 1 rings (SSSR count). The molecule has 1 aliphatic carbocycles. The van der Waals surface area contributed by atoms with Crippen LogP contribution >= 0.6 is 15.9 Å². The molecule has 0 aromatic carbocycles. The number of alkyl halides is 1. The van der Waals surface area contributed by atoms with E-state index in [-0.39, 0.29) is 6.09 Å². The van der Waals surface area contributed by atoms with Crippen molar-refractivity contribution in [2.45, 2.75) is 58.1 Å². The average Bonchev–Trinajstić information content (AvgIpc) is 2.35. The number of allylic oxidation sites excluding steroid dienone is 1. The molecule has 0 spiro atoms. The molecule has 0 aliphatic heterocycles. The third-order valence-electron chi connectivity index (χ3n) is 3.67. The van der Waals surface area contributed by atoms with Crippen LogP contribution in [-0.4, -0.2) is 35.0 Å². The summed E-state index contributed by atoms with van der Waals surface area (Å²) in [6.07, 6.45) is 4.08. The van der Waals surface area contributed by atoms with Crippen LogP contribution in [0.1, 0.15) is 46.5 Å². The quantitative estimate of drug-likeness (QED) is 0.567. The number of amides is 1. The predicted octanol–water partition coefficient (Wildman–Crippen LogP) is 4.36. The zero-order valence-electron chi connectivity index (χ0n) is 12.5. The van der Waals surface area contributed by atoms with Crippen LogP contribution in [0.5, 0.6) is 0 Å². The lowest BCUT2D eigenvalue weighted by molar-refractivity contribution is 0.0178. The molecule has 1 saturated carbocycles. The maximum atomic E-state index is 12.0. The summed E-state index contributed by atoms with van der Waals surface area (Å²) in [7, 11) is 1.85. The van der Waals surface area contributed by atoms with E-state index in [2.05, 4.69) is 22.5 Å². The summed E-state index contributed by atoms with van der Waals surface area (Å²) >= 11 is 3.47. The first-order chi connectivity index (χ1) is 8.74. The van der Waals surface area contributed by atoms with E-state index in [1.165, 1.54) is 5.57 Å². The summed E-state index contributed by atoms with van der Waals surface area (Å²) in [6.45, 7) is 9.79. The van der Waals surface area contributed by atoms with Crippen LogP contribution in [0.3, 0.4) is 0 Å². The summed E-state index contributed by atoms with van der Waals surface area (Å²) in [4.78, 5) is 13.8. The third-order valence-corrected chi connectivity index (χ3v) is 4.40. The molecule has 4 heteroatoms. The molecule has 0 aromatic heterocycles. The molecular weight excluding hydrogens is 306 g/mol. The van der Waals surface area contributed by atoms with E-state index in [0.29, 0.717) is 12.0 Å². The molecule has 0 unspecified atom stereocenters. The molecule has 0 N–H and O–H groups in total. The highest BCUT2D eigenvalue weighted by Crippen LogP contribution is 2.32. The molecule has 0 bridgehead atoms. The molecule has 110 valence electrons. The van der Waals surface area contributed by atoms with Crippen molar-refractivity contribution >= 4 is 22.0 Å². The summed E-state index contributed by atoms with van der Waals surface area (Å²) in [5, 5.41) is 0.879. The lowest BCUT2D eigenvalue weighted by atomic mass is 9.82. The number of halogens is 1. The van der Waals surface area contributed by atoms with E-state index in [0.717, 1.165) is 31.0 Å². The van der Waals surface area contributed by atoms with Gasteiger partial charge in [-0.05, 0) is 52.4 Å². The number of hydrogen-bond donors (Lipinski definition) is 0. The summed E-state index contributed by atoms with van der Waals surface area (Å²) < 4.78 is 5.41. The SMILES string of the molecule is C=C(CBr)C1CCC(N(C)C(=O)OC(C)(C)C)CC1. The van der Waals surface area contributed by atoms with Crippen molar-refractivity contribution in [3.63, 3.8) is 0 Å². The van der Waals surface area contributed by atoms with Gasteiger partial charge in [0.25, 0.3) is 0 Å². The second-order valence-electron chi connectivity index (χ2n) is 6.39. The Morgan fingerprint density at radius 1 is 1.32 bits per heavy atom. The van der Waals surface area contributed by atoms with Crippen LogP contribution in [0.4, 0.5) is 4.79 Å². The van der Waals surface area contributed by atoms with Gasteiger partial charge in [-0.1, -0.05) is 28.1 Å². The molecule has 1 aliphatic rings. The molecule has 0 radical (unpaired) electrons. The van der Waals surface area contributed by atoms with E-state index in [1.54, 1.807) is 4.90 Å². The maximum absolute atomic E-state index is 12.0. The summed E-state index contributed by atoms with van der Waals surface area (Å²) in [6, 6.07) is 0.300. The van der Waals surface area contributed by atoms with Gasteiger partial charge in [-0.3, -0.25) is 0 Å². The minimum Gasteiger partial charge on any atom is -0.444 e. The zero-order valence-corrected chi connectivity index (χ0v) is 14.1. The molecule has 3 nitrogen and oxygen atoms in total. The highest BCUT2D eigenvalue weighted by atomic mass is 79.9. The Labute approximate surface area is 125 Å². The summed E-state index contributed by atoms with van der Waals surface area (Å²) in [5.41, 5.74) is 0.852. The van der Waals surface area contributed by atoms with Crippen LogP contribution in [-0.2, 0) is 4.74 Å². The zero-order chi connectivity index (χ0) is 14.6. The average molecular weight is 332 g/mol. The Balaban J connectivity index is 2.46. The number of ether oxygens (including phenoxy) is 1. The first kappa shape index (κ1) is 16.5. The Morgan fingerprint density at radius 2 is 1.84 bits per heavy atom. The number of nitrogens with zero attached hydrogens (tertiary/aromatic N) is 1. The fourth-order valence-electron chi connectivity index (χ4n) is 2.46. The minimum absolute atomic E-state index is 0.213. The number of carbonyl (C=O) groups excluding carboxylic acids is 1. The Bertz CT molecular complexity index is 328. The van der Waals surface area contributed by atoms with Gasteiger partial charge < -0.3 is 9.64 Å². The Hall–Kier alpha value is -0.510. The van der Waals surface area contributed by atoms with Crippen LogP contribution in [0.15, 0.2) is 12.2 Å². The molecule has 0 aromatic rings. The van der Waals surface area contributed by atoms with Crippen LogP contribution in [0.2, 0.25) is 0 Å². The standard InChI is InChI=1S/C15H26BrNO2/c1-11(10-16)12-6-8-13(9-7-12)17(5)14(18)19-15(2,3)4/h12-13H,1,6-10H2,2-5H3. The van der Waals surface area contributed by atoms with Crippen molar-refractivity contribution < 1.29 is 9.53 Å². The van der Waals surface area contributed by atoms with Crippen molar-refractivity contribution in [3.05, 3.63) is 12.2 Å². The lowest BCUT2D eigenvalue weighted by Gasteiger charge is -2.36. The largest absolute Gasteiger partial charge is 0.444 e.